The molecule has 0 heterocycles. The number of hydrogen-bond acceptors (Lipinski definition) is 3. The van der Waals surface area contributed by atoms with Gasteiger partial charge >= 0.3 is 0 Å². The van der Waals surface area contributed by atoms with Crippen molar-refractivity contribution in [2.24, 2.45) is 0 Å². The maximum atomic E-state index is 13.6. The fourth-order valence-electron chi connectivity index (χ4n) is 3.86. The van der Waals surface area contributed by atoms with Crippen LogP contribution in [0.2, 0.25) is 0 Å². The molecule has 0 saturated heterocycles. The van der Waals surface area contributed by atoms with Crippen molar-refractivity contribution in [1.82, 2.24) is 10.2 Å². The normalized spacial score (nSPS) is 11.5. The summed E-state index contributed by atoms with van der Waals surface area (Å²) in [7, 11) is 0. The Balaban J connectivity index is 1.89. The molecule has 0 aromatic heterocycles. The number of aryl methyl sites for hydroxylation is 2. The molecule has 0 unspecified atom stereocenters. The third-order valence-corrected chi connectivity index (χ3v) is 6.64. The van der Waals surface area contributed by atoms with E-state index in [0.717, 1.165) is 33.1 Å². The summed E-state index contributed by atoms with van der Waals surface area (Å²) in [5.74, 6) is 0.223. The Bertz CT molecular complexity index is 1130. The molecule has 3 rings (SSSR count). The minimum atomic E-state index is -0.660. The fraction of sp³-hybridized carbons (Fsp3) is 0.310. The van der Waals surface area contributed by atoms with E-state index in [0.29, 0.717) is 25.3 Å². The van der Waals surface area contributed by atoms with Gasteiger partial charge in [0.2, 0.25) is 5.91 Å². The van der Waals surface area contributed by atoms with Crippen LogP contribution in [0, 0.1) is 13.8 Å². The van der Waals surface area contributed by atoms with Gasteiger partial charge in [0.25, 0.3) is 5.91 Å². The first kappa shape index (κ1) is 26.5. The lowest BCUT2D eigenvalue weighted by Crippen LogP contribution is -2.51. The summed E-state index contributed by atoms with van der Waals surface area (Å²) in [4.78, 5) is 28.5. The minimum Gasteiger partial charge on any atom is -0.484 e. The van der Waals surface area contributed by atoms with Gasteiger partial charge in [-0.2, -0.15) is 0 Å². The predicted octanol–water partition coefficient (Wildman–Crippen LogP) is 5.61. The van der Waals surface area contributed by atoms with Gasteiger partial charge in [0.15, 0.2) is 6.61 Å². The molecular weight excluding hydrogens is 504 g/mol. The van der Waals surface area contributed by atoms with Crippen LogP contribution in [0.3, 0.4) is 0 Å². The van der Waals surface area contributed by atoms with Gasteiger partial charge in [0.1, 0.15) is 11.8 Å². The lowest BCUT2D eigenvalue weighted by atomic mass is 10.0. The van der Waals surface area contributed by atoms with E-state index in [2.05, 4.69) is 21.2 Å². The monoisotopic (exact) mass is 536 g/mol. The SMILES string of the molecule is CCCNC(=O)[C@@H](Cc1ccccc1)N(Cc1cccc(C)c1)C(=O)COc1ccc(Br)c(C)c1. The fourth-order valence-corrected chi connectivity index (χ4v) is 4.11. The summed E-state index contributed by atoms with van der Waals surface area (Å²) in [5.41, 5.74) is 4.09. The van der Waals surface area contributed by atoms with Crippen LogP contribution in [0.25, 0.3) is 0 Å². The van der Waals surface area contributed by atoms with Crippen LogP contribution < -0.4 is 10.1 Å². The Morgan fingerprint density at radius 3 is 2.40 bits per heavy atom. The van der Waals surface area contributed by atoms with Crippen molar-refractivity contribution in [3.05, 3.63) is 99.5 Å². The maximum Gasteiger partial charge on any atom is 0.261 e. The molecule has 5 nitrogen and oxygen atoms in total. The van der Waals surface area contributed by atoms with E-state index in [-0.39, 0.29) is 18.4 Å². The molecule has 3 aromatic carbocycles. The van der Waals surface area contributed by atoms with Gasteiger partial charge < -0.3 is 15.0 Å². The summed E-state index contributed by atoms with van der Waals surface area (Å²) in [6, 6.07) is 22.8. The van der Waals surface area contributed by atoms with E-state index in [9.17, 15) is 9.59 Å². The first-order valence-corrected chi connectivity index (χ1v) is 12.7. The Morgan fingerprint density at radius 1 is 0.971 bits per heavy atom. The van der Waals surface area contributed by atoms with Crippen LogP contribution in [0.4, 0.5) is 0 Å². The molecule has 2 amide bonds. The molecule has 1 atom stereocenters. The quantitative estimate of drug-likeness (QED) is 0.346. The molecule has 0 saturated carbocycles. The number of hydrogen-bond donors (Lipinski definition) is 1. The molecule has 6 heteroatoms. The Kier molecular flexibility index (Phi) is 9.91. The van der Waals surface area contributed by atoms with Gasteiger partial charge in [-0.25, -0.2) is 0 Å². The lowest BCUT2D eigenvalue weighted by Gasteiger charge is -2.31. The van der Waals surface area contributed by atoms with Gasteiger partial charge in [0, 0.05) is 24.0 Å². The smallest absolute Gasteiger partial charge is 0.261 e. The minimum absolute atomic E-state index is 0.154. The first-order chi connectivity index (χ1) is 16.9. The molecule has 3 aromatic rings. The number of nitrogens with one attached hydrogen (secondary N) is 1. The van der Waals surface area contributed by atoms with E-state index in [1.54, 1.807) is 4.90 Å². The third kappa shape index (κ3) is 7.96. The van der Waals surface area contributed by atoms with E-state index >= 15 is 0 Å². The standard InChI is InChI=1S/C29H33BrN2O3/c1-4-15-31-29(34)27(18-23-10-6-5-7-11-23)32(19-24-12-8-9-21(2)16-24)28(33)20-35-25-13-14-26(30)22(3)17-25/h5-14,16-17,27H,4,15,18-20H2,1-3H3,(H,31,34)/t27-/m1/s1. The first-order valence-electron chi connectivity index (χ1n) is 11.9. The van der Waals surface area contributed by atoms with Crippen molar-refractivity contribution < 1.29 is 14.3 Å². The molecule has 0 spiro atoms. The number of amides is 2. The largest absolute Gasteiger partial charge is 0.484 e. The number of halogens is 1. The Morgan fingerprint density at radius 2 is 1.71 bits per heavy atom. The van der Waals surface area contributed by atoms with Crippen LogP contribution in [-0.2, 0) is 22.6 Å². The zero-order chi connectivity index (χ0) is 25.2. The number of benzene rings is 3. The second-order valence-corrected chi connectivity index (χ2v) is 9.56. The summed E-state index contributed by atoms with van der Waals surface area (Å²) in [6.07, 6.45) is 1.24. The third-order valence-electron chi connectivity index (χ3n) is 5.75. The highest BCUT2D eigenvalue weighted by molar-refractivity contribution is 9.10. The number of carbonyl (C=O) groups is 2. The van der Waals surface area contributed by atoms with Crippen molar-refractivity contribution in [3.8, 4) is 5.75 Å². The molecule has 1 N–H and O–H groups in total. The summed E-state index contributed by atoms with van der Waals surface area (Å²) >= 11 is 3.49. The second kappa shape index (κ2) is 13.1. The van der Waals surface area contributed by atoms with E-state index < -0.39 is 6.04 Å². The molecule has 35 heavy (non-hydrogen) atoms. The Labute approximate surface area is 216 Å². The van der Waals surface area contributed by atoms with Gasteiger partial charge in [0.05, 0.1) is 0 Å². The lowest BCUT2D eigenvalue weighted by molar-refractivity contribution is -0.142. The van der Waals surface area contributed by atoms with Crippen molar-refractivity contribution in [2.45, 2.75) is 46.2 Å². The van der Waals surface area contributed by atoms with Crippen LogP contribution in [0.1, 0.15) is 35.6 Å². The summed E-state index contributed by atoms with van der Waals surface area (Å²) in [6.45, 7) is 6.72. The molecule has 0 aliphatic rings. The molecule has 0 aliphatic heterocycles. The Hall–Kier alpha value is -3.12. The highest BCUT2D eigenvalue weighted by atomic mass is 79.9. The summed E-state index contributed by atoms with van der Waals surface area (Å²) < 4.78 is 6.84. The van der Waals surface area contributed by atoms with Crippen LogP contribution in [0.5, 0.6) is 5.75 Å². The molecule has 0 radical (unpaired) electrons. The highest BCUT2D eigenvalue weighted by Crippen LogP contribution is 2.22. The molecule has 0 fully saturated rings. The topological polar surface area (TPSA) is 58.6 Å². The molecule has 0 aliphatic carbocycles. The average Bonchev–Trinajstić information content (AvgIpc) is 2.86. The van der Waals surface area contributed by atoms with Crippen molar-refractivity contribution in [3.63, 3.8) is 0 Å². The van der Waals surface area contributed by atoms with Gasteiger partial charge in [-0.1, -0.05) is 83.0 Å². The highest BCUT2D eigenvalue weighted by Gasteiger charge is 2.30. The molecule has 0 bridgehead atoms. The zero-order valence-electron chi connectivity index (χ0n) is 20.6. The summed E-state index contributed by atoms with van der Waals surface area (Å²) in [5, 5.41) is 2.99. The van der Waals surface area contributed by atoms with E-state index in [1.165, 1.54) is 0 Å². The molecular formula is C29H33BrN2O3. The van der Waals surface area contributed by atoms with E-state index in [1.807, 2.05) is 93.6 Å². The zero-order valence-corrected chi connectivity index (χ0v) is 22.2. The number of carbonyl (C=O) groups excluding carboxylic acids is 2. The second-order valence-electron chi connectivity index (χ2n) is 8.71. The van der Waals surface area contributed by atoms with Crippen molar-refractivity contribution >= 4 is 27.7 Å². The van der Waals surface area contributed by atoms with Gasteiger partial charge in [-0.3, -0.25) is 9.59 Å². The number of ether oxygens (including phenoxy) is 1. The van der Waals surface area contributed by atoms with Crippen molar-refractivity contribution in [1.29, 1.82) is 0 Å². The van der Waals surface area contributed by atoms with Crippen LogP contribution in [-0.4, -0.2) is 35.9 Å². The van der Waals surface area contributed by atoms with Crippen LogP contribution >= 0.6 is 15.9 Å². The van der Waals surface area contributed by atoms with Gasteiger partial charge in [-0.05, 0) is 55.2 Å². The number of nitrogens with zero attached hydrogens (tertiary/aromatic N) is 1. The number of rotatable bonds is 11. The van der Waals surface area contributed by atoms with E-state index in [4.69, 9.17) is 4.74 Å². The molecule has 184 valence electrons. The van der Waals surface area contributed by atoms with Gasteiger partial charge in [-0.15, -0.1) is 0 Å². The predicted molar refractivity (Wildman–Crippen MR) is 143 cm³/mol. The maximum absolute atomic E-state index is 13.6. The van der Waals surface area contributed by atoms with Crippen molar-refractivity contribution in [2.75, 3.05) is 13.2 Å². The van der Waals surface area contributed by atoms with Crippen LogP contribution in [0.15, 0.2) is 77.3 Å². The average molecular weight is 537 g/mol.